The number of aromatic nitrogens is 3. The molecule has 1 unspecified atom stereocenters. The van der Waals surface area contributed by atoms with Crippen LogP contribution in [0.25, 0.3) is 32.2 Å². The largest absolute Gasteiger partial charge is 0.479 e. The third-order valence-electron chi connectivity index (χ3n) is 7.63. The van der Waals surface area contributed by atoms with Gasteiger partial charge in [-0.05, 0) is 74.7 Å². The Kier molecular flexibility index (Phi) is 7.47. The first-order valence-corrected chi connectivity index (χ1v) is 15.2. The molecule has 1 aliphatic rings. The number of carboxylic acid groups (broad SMARTS) is 1. The zero-order chi connectivity index (χ0) is 29.8. The lowest BCUT2D eigenvalue weighted by Gasteiger charge is -2.33. The van der Waals surface area contributed by atoms with E-state index in [1.807, 2.05) is 76.0 Å². The molecule has 6 rings (SSSR count). The van der Waals surface area contributed by atoms with Crippen LogP contribution in [0.2, 0.25) is 5.02 Å². The van der Waals surface area contributed by atoms with Gasteiger partial charge in [-0.15, -0.1) is 0 Å². The van der Waals surface area contributed by atoms with Crippen molar-refractivity contribution in [3.63, 3.8) is 0 Å². The fourth-order valence-electron chi connectivity index (χ4n) is 5.71. The average Bonchev–Trinajstić information content (AvgIpc) is 3.54. The zero-order valence-electron chi connectivity index (χ0n) is 24.3. The lowest BCUT2D eigenvalue weighted by atomic mass is 9.91. The first-order chi connectivity index (χ1) is 20.0. The topological polar surface area (TPSA) is 92.5 Å². The minimum Gasteiger partial charge on any atom is -0.479 e. The van der Waals surface area contributed by atoms with Crippen LogP contribution in [0.1, 0.15) is 49.6 Å². The molecule has 1 aliphatic heterocycles. The number of rotatable bonds is 6. The molecule has 42 heavy (non-hydrogen) atoms. The van der Waals surface area contributed by atoms with E-state index in [-0.39, 0.29) is 6.04 Å². The van der Waals surface area contributed by atoms with Gasteiger partial charge >= 0.3 is 5.97 Å². The summed E-state index contributed by atoms with van der Waals surface area (Å²) in [5.41, 5.74) is 5.68. The molecule has 3 heterocycles. The van der Waals surface area contributed by atoms with Gasteiger partial charge in [0.05, 0.1) is 27.5 Å². The Morgan fingerprint density at radius 1 is 1.19 bits per heavy atom. The summed E-state index contributed by atoms with van der Waals surface area (Å²) in [4.78, 5) is 20.0. The SMILES string of the molecule is Cc1cc2nc(N3CCNC(c4ccc5c(cnn5C)c4)C3)sc2c(-c2ccc(Cl)cc2)c1[C@H](OC(C)(C)C)C(=O)O. The number of aliphatic carboxylic acids is 1. The average molecular weight is 604 g/mol. The maximum absolute atomic E-state index is 12.6. The first kappa shape index (κ1) is 28.6. The second-order valence-corrected chi connectivity index (χ2v) is 13.2. The molecule has 2 atom stereocenters. The van der Waals surface area contributed by atoms with Crippen molar-refractivity contribution in [2.45, 2.75) is 45.4 Å². The highest BCUT2D eigenvalue weighted by Crippen LogP contribution is 2.44. The molecule has 2 N–H and O–H groups in total. The lowest BCUT2D eigenvalue weighted by Crippen LogP contribution is -2.45. The minimum absolute atomic E-state index is 0.139. The maximum atomic E-state index is 12.6. The van der Waals surface area contributed by atoms with Crippen molar-refractivity contribution >= 4 is 55.2 Å². The number of thiazole rings is 1. The Morgan fingerprint density at radius 3 is 2.67 bits per heavy atom. The number of benzene rings is 3. The van der Waals surface area contributed by atoms with E-state index < -0.39 is 17.7 Å². The van der Waals surface area contributed by atoms with Crippen LogP contribution >= 0.6 is 22.9 Å². The van der Waals surface area contributed by atoms with Crippen LogP contribution in [0.5, 0.6) is 0 Å². The minimum atomic E-state index is -1.14. The molecule has 10 heteroatoms. The van der Waals surface area contributed by atoms with Gasteiger partial charge in [0.25, 0.3) is 0 Å². The Labute approximate surface area is 253 Å². The van der Waals surface area contributed by atoms with Gasteiger partial charge < -0.3 is 20.1 Å². The number of piperazine rings is 1. The van der Waals surface area contributed by atoms with Gasteiger partial charge in [0.15, 0.2) is 11.2 Å². The normalized spacial score (nSPS) is 16.8. The fraction of sp³-hybridized carbons (Fsp3) is 0.344. The highest BCUT2D eigenvalue weighted by atomic mass is 35.5. The van der Waals surface area contributed by atoms with Crippen LogP contribution in [0.4, 0.5) is 5.13 Å². The number of hydrogen-bond donors (Lipinski definition) is 2. The number of halogens is 1. The number of aryl methyl sites for hydroxylation is 2. The van der Waals surface area contributed by atoms with Gasteiger partial charge in [0.2, 0.25) is 0 Å². The molecule has 1 saturated heterocycles. The van der Waals surface area contributed by atoms with Crippen molar-refractivity contribution in [1.29, 1.82) is 0 Å². The molecular formula is C32H34ClN5O3S. The van der Waals surface area contributed by atoms with Crippen molar-refractivity contribution in [2.24, 2.45) is 7.05 Å². The monoisotopic (exact) mass is 603 g/mol. The van der Waals surface area contributed by atoms with E-state index >= 15 is 0 Å². The molecule has 0 amide bonds. The predicted octanol–water partition coefficient (Wildman–Crippen LogP) is 6.90. The van der Waals surface area contributed by atoms with E-state index in [0.717, 1.165) is 62.6 Å². The number of carbonyl (C=O) groups is 1. The first-order valence-electron chi connectivity index (χ1n) is 14.0. The molecule has 5 aromatic rings. The number of nitrogens with one attached hydrogen (secondary N) is 1. The van der Waals surface area contributed by atoms with Gasteiger partial charge in [-0.25, -0.2) is 9.78 Å². The lowest BCUT2D eigenvalue weighted by molar-refractivity contribution is -0.160. The fourth-order valence-corrected chi connectivity index (χ4v) is 6.99. The Balaban J connectivity index is 1.44. The Morgan fingerprint density at radius 2 is 1.95 bits per heavy atom. The van der Waals surface area contributed by atoms with Crippen LogP contribution < -0.4 is 10.2 Å². The molecule has 0 spiro atoms. The van der Waals surface area contributed by atoms with Crippen molar-refractivity contribution in [1.82, 2.24) is 20.1 Å². The van der Waals surface area contributed by atoms with E-state index in [9.17, 15) is 9.90 Å². The van der Waals surface area contributed by atoms with Gasteiger partial charge in [0, 0.05) is 54.3 Å². The van der Waals surface area contributed by atoms with Gasteiger partial charge in [-0.2, -0.15) is 5.10 Å². The molecule has 8 nitrogen and oxygen atoms in total. The molecule has 2 aromatic heterocycles. The Bertz CT molecular complexity index is 1790. The number of fused-ring (bicyclic) bond motifs is 2. The smallest absolute Gasteiger partial charge is 0.337 e. The summed E-state index contributed by atoms with van der Waals surface area (Å²) in [5.74, 6) is -1.03. The van der Waals surface area contributed by atoms with Gasteiger partial charge in [-0.1, -0.05) is 41.1 Å². The second kappa shape index (κ2) is 11.0. The van der Waals surface area contributed by atoms with Crippen LogP contribution in [-0.4, -0.2) is 51.1 Å². The number of hydrogen-bond acceptors (Lipinski definition) is 7. The summed E-state index contributed by atoms with van der Waals surface area (Å²) in [6, 6.07) is 16.2. The summed E-state index contributed by atoms with van der Waals surface area (Å²) in [7, 11) is 1.95. The number of carboxylic acids is 1. The summed E-state index contributed by atoms with van der Waals surface area (Å²) in [6.07, 6.45) is 0.760. The van der Waals surface area contributed by atoms with E-state index in [1.54, 1.807) is 11.3 Å². The summed E-state index contributed by atoms with van der Waals surface area (Å²) < 4.78 is 8.97. The third kappa shape index (κ3) is 5.49. The van der Waals surface area contributed by atoms with Crippen LogP contribution in [0.15, 0.2) is 54.7 Å². The quantitative estimate of drug-likeness (QED) is 0.218. The second-order valence-electron chi connectivity index (χ2n) is 11.8. The van der Waals surface area contributed by atoms with Crippen molar-refractivity contribution in [3.8, 4) is 11.1 Å². The van der Waals surface area contributed by atoms with Gasteiger partial charge in [0.1, 0.15) is 0 Å². The van der Waals surface area contributed by atoms with Crippen molar-refractivity contribution in [3.05, 3.63) is 76.4 Å². The molecule has 3 aromatic carbocycles. The van der Waals surface area contributed by atoms with E-state index in [1.165, 1.54) is 5.56 Å². The highest BCUT2D eigenvalue weighted by Gasteiger charge is 2.33. The standard InChI is InChI=1S/C32H34ClN5O3S/c1-18-14-23-29(27(19-6-9-22(33)10-7-19)26(18)28(30(39)40)41-32(2,3)4)42-31(36-23)38-13-12-34-24(17-38)20-8-11-25-21(15-20)16-35-37(25)5/h6-11,14-16,24,28,34H,12-13,17H2,1-5H3,(H,39,40)/t24?,28-/m0/s1. The van der Waals surface area contributed by atoms with E-state index in [4.69, 9.17) is 21.3 Å². The van der Waals surface area contributed by atoms with Gasteiger partial charge in [-0.3, -0.25) is 4.68 Å². The van der Waals surface area contributed by atoms with Crippen LogP contribution in [-0.2, 0) is 16.6 Å². The summed E-state index contributed by atoms with van der Waals surface area (Å²) in [5, 5.41) is 21.0. The Hall–Kier alpha value is -3.50. The summed E-state index contributed by atoms with van der Waals surface area (Å²) >= 11 is 7.84. The number of nitrogens with zero attached hydrogens (tertiary/aromatic N) is 4. The molecule has 0 saturated carbocycles. The third-order valence-corrected chi connectivity index (χ3v) is 9.03. The van der Waals surface area contributed by atoms with E-state index in [0.29, 0.717) is 10.6 Å². The molecule has 0 bridgehead atoms. The zero-order valence-corrected chi connectivity index (χ0v) is 25.9. The van der Waals surface area contributed by atoms with Crippen LogP contribution in [0, 0.1) is 6.92 Å². The molecule has 1 fully saturated rings. The molecular weight excluding hydrogens is 570 g/mol. The van der Waals surface area contributed by atoms with Crippen molar-refractivity contribution in [2.75, 3.05) is 24.5 Å². The highest BCUT2D eigenvalue weighted by molar-refractivity contribution is 7.22. The number of anilines is 1. The molecule has 0 aliphatic carbocycles. The van der Waals surface area contributed by atoms with E-state index in [2.05, 4.69) is 33.5 Å². The molecule has 0 radical (unpaired) electrons. The number of ether oxygens (including phenoxy) is 1. The molecule has 218 valence electrons. The summed E-state index contributed by atoms with van der Waals surface area (Å²) in [6.45, 7) is 9.95. The maximum Gasteiger partial charge on any atom is 0.337 e. The van der Waals surface area contributed by atoms with Crippen molar-refractivity contribution < 1.29 is 14.6 Å². The van der Waals surface area contributed by atoms with Crippen LogP contribution in [0.3, 0.4) is 0 Å². The predicted molar refractivity (Wildman–Crippen MR) is 170 cm³/mol.